The van der Waals surface area contributed by atoms with Crippen molar-refractivity contribution in [3.8, 4) is 0 Å². The van der Waals surface area contributed by atoms with Gasteiger partial charge in [0.05, 0.1) is 17.9 Å². The summed E-state index contributed by atoms with van der Waals surface area (Å²) in [4.78, 5) is 8.93. The number of nitrogens with two attached hydrogens (primary N) is 1. The first-order valence-corrected chi connectivity index (χ1v) is 6.35. The Morgan fingerprint density at radius 3 is 2.42 bits per heavy atom. The largest absolute Gasteiger partial charge is 0.386 e. The molecule has 0 saturated heterocycles. The van der Waals surface area contributed by atoms with Gasteiger partial charge < -0.3 is 5.73 Å². The summed E-state index contributed by atoms with van der Waals surface area (Å²) in [6.07, 6.45) is 0. The lowest BCUT2D eigenvalue weighted by Crippen LogP contribution is -2.14. The Hall–Kier alpha value is -2.13. The van der Waals surface area contributed by atoms with Gasteiger partial charge in [-0.1, -0.05) is 48.0 Å². The lowest BCUT2D eigenvalue weighted by Gasteiger charge is -2.09. The Balaban J connectivity index is 2.22. The molecule has 2 aromatic carbocycles. The quantitative estimate of drug-likeness (QED) is 0.849. The molecule has 0 saturated carbocycles. The van der Waals surface area contributed by atoms with Gasteiger partial charge in [-0.3, -0.25) is 4.99 Å². The summed E-state index contributed by atoms with van der Waals surface area (Å²) in [5, 5.41) is 0.677. The van der Waals surface area contributed by atoms with Gasteiger partial charge in [-0.25, -0.2) is 4.99 Å². The summed E-state index contributed by atoms with van der Waals surface area (Å²) >= 11 is 6.26. The van der Waals surface area contributed by atoms with Gasteiger partial charge in [0.15, 0.2) is 0 Å². The number of halogens is 1. The predicted molar refractivity (Wildman–Crippen MR) is 79.7 cm³/mol. The zero-order chi connectivity index (χ0) is 13.2. The van der Waals surface area contributed by atoms with E-state index >= 15 is 0 Å². The first-order chi connectivity index (χ1) is 9.25. The number of benzene rings is 2. The van der Waals surface area contributed by atoms with Crippen LogP contribution in [0.25, 0.3) is 0 Å². The first-order valence-electron chi connectivity index (χ1n) is 5.97. The SMILES string of the molecule is NC1=Nc2ccccc2C(c2ccccc2Cl)=NC1. The highest BCUT2D eigenvalue weighted by Crippen LogP contribution is 2.27. The van der Waals surface area contributed by atoms with E-state index in [0.29, 0.717) is 17.4 Å². The van der Waals surface area contributed by atoms with E-state index in [2.05, 4.69) is 9.98 Å². The van der Waals surface area contributed by atoms with Gasteiger partial charge in [0.2, 0.25) is 0 Å². The van der Waals surface area contributed by atoms with Gasteiger partial charge >= 0.3 is 0 Å². The van der Waals surface area contributed by atoms with Crippen LogP contribution >= 0.6 is 11.6 Å². The van der Waals surface area contributed by atoms with Gasteiger partial charge in [0.25, 0.3) is 0 Å². The molecule has 3 nitrogen and oxygen atoms in total. The molecular weight excluding hydrogens is 258 g/mol. The van der Waals surface area contributed by atoms with E-state index in [4.69, 9.17) is 17.3 Å². The van der Waals surface area contributed by atoms with E-state index in [1.54, 1.807) is 0 Å². The summed E-state index contributed by atoms with van der Waals surface area (Å²) in [5.41, 5.74) is 9.36. The van der Waals surface area contributed by atoms with Crippen molar-refractivity contribution < 1.29 is 0 Å². The minimum Gasteiger partial charge on any atom is -0.386 e. The maximum absolute atomic E-state index is 6.26. The molecular formula is C15H12ClN3. The summed E-state index contributed by atoms with van der Waals surface area (Å²) in [5.74, 6) is 0.509. The standard InChI is InChI=1S/C15H12ClN3/c16-12-7-3-1-5-10(12)15-11-6-2-4-8-13(11)19-14(17)9-18-15/h1-8H,9H2,(H2,17,19). The summed E-state index contributed by atoms with van der Waals surface area (Å²) < 4.78 is 0. The Bertz CT molecular complexity index is 689. The molecule has 0 amide bonds. The van der Waals surface area contributed by atoms with Crippen molar-refractivity contribution in [1.82, 2.24) is 0 Å². The smallest absolute Gasteiger partial charge is 0.121 e. The van der Waals surface area contributed by atoms with Crippen LogP contribution in [0.4, 0.5) is 5.69 Å². The summed E-state index contributed by atoms with van der Waals surface area (Å²) in [7, 11) is 0. The normalized spacial score (nSPS) is 14.2. The maximum atomic E-state index is 6.26. The fourth-order valence-electron chi connectivity index (χ4n) is 2.09. The lowest BCUT2D eigenvalue weighted by molar-refractivity contribution is 1.27. The Morgan fingerprint density at radius 1 is 0.947 bits per heavy atom. The predicted octanol–water partition coefficient (Wildman–Crippen LogP) is 3.18. The van der Waals surface area contributed by atoms with Crippen LogP contribution in [-0.4, -0.2) is 18.1 Å². The highest BCUT2D eigenvalue weighted by molar-refractivity contribution is 6.36. The lowest BCUT2D eigenvalue weighted by atomic mass is 10.0. The van der Waals surface area contributed by atoms with E-state index in [9.17, 15) is 0 Å². The van der Waals surface area contributed by atoms with Crippen molar-refractivity contribution in [2.75, 3.05) is 6.54 Å². The third-order valence-corrected chi connectivity index (χ3v) is 3.28. The van der Waals surface area contributed by atoms with Crippen molar-refractivity contribution in [1.29, 1.82) is 0 Å². The minimum absolute atomic E-state index is 0.384. The number of amidine groups is 1. The van der Waals surface area contributed by atoms with Crippen LogP contribution in [0, 0.1) is 0 Å². The maximum Gasteiger partial charge on any atom is 0.121 e. The molecule has 1 aliphatic heterocycles. The van der Waals surface area contributed by atoms with E-state index < -0.39 is 0 Å². The molecule has 2 aromatic rings. The van der Waals surface area contributed by atoms with Crippen LogP contribution in [0.5, 0.6) is 0 Å². The molecule has 94 valence electrons. The second-order valence-corrected chi connectivity index (χ2v) is 4.67. The molecule has 0 bridgehead atoms. The van der Waals surface area contributed by atoms with E-state index in [-0.39, 0.29) is 0 Å². The summed E-state index contributed by atoms with van der Waals surface area (Å²) in [6.45, 7) is 0.384. The molecule has 1 heterocycles. The number of para-hydroxylation sites is 1. The first kappa shape index (κ1) is 11.9. The van der Waals surface area contributed by atoms with Crippen LogP contribution in [0.2, 0.25) is 5.02 Å². The number of hydrogen-bond acceptors (Lipinski definition) is 3. The molecule has 2 N–H and O–H groups in total. The molecule has 3 rings (SSSR count). The fraction of sp³-hybridized carbons (Fsp3) is 0.0667. The van der Waals surface area contributed by atoms with E-state index in [0.717, 1.165) is 22.5 Å². The van der Waals surface area contributed by atoms with Crippen LogP contribution < -0.4 is 5.73 Å². The Morgan fingerprint density at radius 2 is 1.63 bits per heavy atom. The van der Waals surface area contributed by atoms with Crippen LogP contribution in [0.3, 0.4) is 0 Å². The van der Waals surface area contributed by atoms with Gasteiger partial charge in [0.1, 0.15) is 5.84 Å². The highest BCUT2D eigenvalue weighted by Gasteiger charge is 2.16. The monoisotopic (exact) mass is 269 g/mol. The molecule has 0 aliphatic carbocycles. The molecule has 19 heavy (non-hydrogen) atoms. The van der Waals surface area contributed by atoms with E-state index in [1.807, 2.05) is 48.5 Å². The van der Waals surface area contributed by atoms with Crippen LogP contribution in [-0.2, 0) is 0 Å². The molecule has 4 heteroatoms. The number of fused-ring (bicyclic) bond motifs is 1. The van der Waals surface area contributed by atoms with Gasteiger partial charge in [-0.15, -0.1) is 0 Å². The highest BCUT2D eigenvalue weighted by atomic mass is 35.5. The van der Waals surface area contributed by atoms with Crippen molar-refractivity contribution in [3.05, 3.63) is 64.7 Å². The zero-order valence-corrected chi connectivity index (χ0v) is 10.9. The molecule has 0 aromatic heterocycles. The molecule has 0 spiro atoms. The van der Waals surface area contributed by atoms with Gasteiger partial charge in [-0.05, 0) is 12.1 Å². The fourth-order valence-corrected chi connectivity index (χ4v) is 2.32. The second-order valence-electron chi connectivity index (χ2n) is 4.26. The number of rotatable bonds is 1. The third kappa shape index (κ3) is 2.25. The van der Waals surface area contributed by atoms with Gasteiger partial charge in [-0.2, -0.15) is 0 Å². The van der Waals surface area contributed by atoms with Crippen molar-refractivity contribution >= 4 is 28.8 Å². The summed E-state index contributed by atoms with van der Waals surface area (Å²) in [6, 6.07) is 15.5. The Labute approximate surface area is 116 Å². The average Bonchev–Trinajstić information content (AvgIpc) is 2.58. The minimum atomic E-state index is 0.384. The number of aliphatic imine (C=N–C) groups is 2. The van der Waals surface area contributed by atoms with Crippen LogP contribution in [0.1, 0.15) is 11.1 Å². The molecule has 0 unspecified atom stereocenters. The van der Waals surface area contributed by atoms with Crippen LogP contribution in [0.15, 0.2) is 58.5 Å². The van der Waals surface area contributed by atoms with E-state index in [1.165, 1.54) is 0 Å². The number of nitrogens with zero attached hydrogens (tertiary/aromatic N) is 2. The Kier molecular flexibility index (Phi) is 3.05. The average molecular weight is 270 g/mol. The van der Waals surface area contributed by atoms with Gasteiger partial charge in [0, 0.05) is 16.1 Å². The number of hydrogen-bond donors (Lipinski definition) is 1. The van der Waals surface area contributed by atoms with Crippen molar-refractivity contribution in [2.45, 2.75) is 0 Å². The molecule has 0 radical (unpaired) electrons. The molecule has 0 fully saturated rings. The van der Waals surface area contributed by atoms with Crippen molar-refractivity contribution in [2.24, 2.45) is 15.7 Å². The topological polar surface area (TPSA) is 50.7 Å². The van der Waals surface area contributed by atoms with Crippen molar-refractivity contribution in [3.63, 3.8) is 0 Å². The molecule has 1 aliphatic rings. The third-order valence-electron chi connectivity index (χ3n) is 2.95. The second kappa shape index (κ2) is 4.86. The molecule has 0 atom stereocenters. The zero-order valence-electron chi connectivity index (χ0n) is 10.2.